The average molecular weight is 496 g/mol. The molecule has 3 aromatic rings. The molecule has 0 radical (unpaired) electrons. The van der Waals surface area contributed by atoms with Crippen LogP contribution < -0.4 is 9.88 Å². The number of hydrogen-bond donors (Lipinski definition) is 0. The van der Waals surface area contributed by atoms with E-state index in [-0.39, 0.29) is 35.6 Å². The van der Waals surface area contributed by atoms with Crippen LogP contribution in [0.1, 0.15) is 28.8 Å². The summed E-state index contributed by atoms with van der Waals surface area (Å²) in [6, 6.07) is 12.7. The minimum atomic E-state index is -4.55. The molecule has 8 heteroatoms. The quantitative estimate of drug-likeness (QED) is 0.263. The third kappa shape index (κ3) is 4.76. The van der Waals surface area contributed by atoms with Crippen LogP contribution in [-0.4, -0.2) is 37.3 Å². The number of carbonyl (C=O) groups is 1. The highest BCUT2D eigenvalue weighted by atomic mass is 19.4. The van der Waals surface area contributed by atoms with Crippen molar-refractivity contribution in [3.63, 3.8) is 0 Å². The smallest absolute Gasteiger partial charge is 0.371 e. The van der Waals surface area contributed by atoms with Crippen LogP contribution in [0.3, 0.4) is 0 Å². The van der Waals surface area contributed by atoms with E-state index in [0.29, 0.717) is 37.1 Å². The van der Waals surface area contributed by atoms with Gasteiger partial charge in [0, 0.05) is 48.8 Å². The highest BCUT2D eigenvalue weighted by molar-refractivity contribution is 6.27. The second-order valence-electron chi connectivity index (χ2n) is 9.28. The van der Waals surface area contributed by atoms with E-state index < -0.39 is 11.9 Å². The third-order valence-electron chi connectivity index (χ3n) is 6.83. The number of anilines is 1. The number of hydrogen-bond acceptors (Lipinski definition) is 3. The van der Waals surface area contributed by atoms with Gasteiger partial charge in [0.1, 0.15) is 11.5 Å². The second kappa shape index (κ2) is 9.48. The van der Waals surface area contributed by atoms with E-state index in [1.165, 1.54) is 30.3 Å². The Morgan fingerprint density at radius 2 is 1.78 bits per heavy atom. The topological polar surface area (TPSA) is 46.8 Å². The standard InChI is InChI=1S/C28H24F4N3O/c1-17-14-22(27(34-16-17)28(30,31)32)20-4-7-24-23(15-20)25(8-11-33-24)35-12-9-19(10-13-35)26(36)18-2-5-21(29)6-3-18/h2-8,11,14-15,17,19H,1,9-10,12-13,16H2/q-1/p+1. The van der Waals surface area contributed by atoms with Gasteiger partial charge < -0.3 is 11.8 Å². The van der Waals surface area contributed by atoms with Crippen LogP contribution in [0.2, 0.25) is 0 Å². The zero-order valence-corrected chi connectivity index (χ0v) is 19.5. The summed E-state index contributed by atoms with van der Waals surface area (Å²) in [6.45, 7) is 5.14. The Kier molecular flexibility index (Phi) is 6.36. The molecule has 5 rings (SSSR count). The number of benzene rings is 2. The van der Waals surface area contributed by atoms with Crippen molar-refractivity contribution < 1.29 is 27.3 Å². The summed E-state index contributed by atoms with van der Waals surface area (Å²) < 4.78 is 54.3. The molecule has 0 spiro atoms. The Hall–Kier alpha value is -3.55. The molecule has 0 saturated carbocycles. The molecular weight excluding hydrogens is 470 g/mol. The van der Waals surface area contributed by atoms with Crippen LogP contribution in [0.25, 0.3) is 16.5 Å². The molecule has 0 amide bonds. The number of allylic oxidation sites excluding steroid dienone is 1. The lowest BCUT2D eigenvalue weighted by Gasteiger charge is -2.33. The number of alkyl halides is 3. The molecule has 1 unspecified atom stereocenters. The molecule has 1 atom stereocenters. The molecule has 1 aromatic heterocycles. The van der Waals surface area contributed by atoms with Crippen molar-refractivity contribution in [2.75, 3.05) is 24.5 Å². The predicted octanol–water partition coefficient (Wildman–Crippen LogP) is 5.74. The number of dihydropyridines is 1. The molecule has 2 aliphatic rings. The number of nitrogens with one attached hydrogen (secondary N) is 1. The molecule has 186 valence electrons. The lowest BCUT2D eigenvalue weighted by atomic mass is 9.88. The van der Waals surface area contributed by atoms with Crippen LogP contribution >= 0.6 is 0 Å². The average Bonchev–Trinajstić information content (AvgIpc) is 2.87. The van der Waals surface area contributed by atoms with Crippen molar-refractivity contribution in [1.82, 2.24) is 0 Å². The molecule has 1 fully saturated rings. The number of halogens is 4. The number of aromatic nitrogens is 1. The predicted molar refractivity (Wildman–Crippen MR) is 131 cm³/mol. The van der Waals surface area contributed by atoms with E-state index in [0.717, 1.165) is 16.6 Å². The summed E-state index contributed by atoms with van der Waals surface area (Å²) in [5.74, 6) is -0.858. The maximum atomic E-state index is 13.7. The summed E-state index contributed by atoms with van der Waals surface area (Å²) in [5, 5.41) is 0.798. The lowest BCUT2D eigenvalue weighted by molar-refractivity contribution is -0.344. The highest BCUT2D eigenvalue weighted by Crippen LogP contribution is 2.35. The number of ketones is 1. The zero-order chi connectivity index (χ0) is 25.4. The van der Waals surface area contributed by atoms with Gasteiger partial charge >= 0.3 is 6.18 Å². The molecule has 1 saturated heterocycles. The van der Waals surface area contributed by atoms with Gasteiger partial charge in [0.15, 0.2) is 12.0 Å². The first kappa shape index (κ1) is 24.2. The van der Waals surface area contributed by atoms with Crippen molar-refractivity contribution in [1.29, 1.82) is 0 Å². The molecule has 2 aromatic carbocycles. The third-order valence-corrected chi connectivity index (χ3v) is 6.83. The Bertz CT molecular complexity index is 1350. The van der Waals surface area contributed by atoms with Crippen molar-refractivity contribution in [2.45, 2.75) is 19.0 Å². The number of fused-ring (bicyclic) bond motifs is 1. The van der Waals surface area contributed by atoms with Crippen LogP contribution in [-0.2, 0) is 0 Å². The monoisotopic (exact) mass is 495 g/mol. The molecule has 3 heterocycles. The van der Waals surface area contributed by atoms with Crippen LogP contribution in [0.5, 0.6) is 0 Å². The van der Waals surface area contributed by atoms with Gasteiger partial charge in [-0.15, -0.1) is 5.92 Å². The van der Waals surface area contributed by atoms with E-state index in [9.17, 15) is 22.4 Å². The number of rotatable bonds is 4. The first-order chi connectivity index (χ1) is 17.2. The van der Waals surface area contributed by atoms with E-state index in [1.807, 2.05) is 12.3 Å². The maximum Gasteiger partial charge on any atom is 0.433 e. The minimum absolute atomic E-state index is 0.00845. The van der Waals surface area contributed by atoms with E-state index in [2.05, 4.69) is 21.8 Å². The number of aliphatic imine (C=N–C) groups is 1. The van der Waals surface area contributed by atoms with E-state index >= 15 is 0 Å². The summed E-state index contributed by atoms with van der Waals surface area (Å²) in [6.07, 6.45) is 0.0629. The number of piperidine rings is 1. The van der Waals surface area contributed by atoms with Gasteiger partial charge in [-0.1, -0.05) is 6.08 Å². The summed E-state index contributed by atoms with van der Waals surface area (Å²) in [7, 11) is 0. The Labute approximate surface area is 206 Å². The number of carbonyl (C=O) groups excluding carboxylic acids is 1. The lowest BCUT2D eigenvalue weighted by Crippen LogP contribution is -2.36. The van der Waals surface area contributed by atoms with Crippen molar-refractivity contribution in [3.05, 3.63) is 84.7 Å². The SMILES string of the molecule is [CH2-]C1C=C(c2ccc3[nH+]ccc(N4CCC(C(=O)c5ccc(F)cc5)CC4)c3c2)C(C(F)(F)F)=NC1. The second-order valence-corrected chi connectivity index (χ2v) is 9.28. The van der Waals surface area contributed by atoms with Gasteiger partial charge in [-0.05, 0) is 54.8 Å². The molecule has 0 bridgehead atoms. The van der Waals surface area contributed by atoms with Crippen molar-refractivity contribution in [2.24, 2.45) is 16.8 Å². The Morgan fingerprint density at radius 3 is 2.47 bits per heavy atom. The molecular formula is C28H25F4N3O. The van der Waals surface area contributed by atoms with E-state index in [1.54, 1.807) is 18.2 Å². The Balaban J connectivity index is 1.41. The molecule has 1 N–H and O–H groups in total. The van der Waals surface area contributed by atoms with Gasteiger partial charge in [0.05, 0.1) is 11.1 Å². The first-order valence-corrected chi connectivity index (χ1v) is 11.9. The zero-order valence-electron chi connectivity index (χ0n) is 19.5. The van der Waals surface area contributed by atoms with E-state index in [4.69, 9.17) is 0 Å². The van der Waals surface area contributed by atoms with Crippen LogP contribution in [0.15, 0.2) is 65.8 Å². The van der Waals surface area contributed by atoms with Gasteiger partial charge in [0.25, 0.3) is 0 Å². The van der Waals surface area contributed by atoms with Crippen LogP contribution in [0.4, 0.5) is 23.2 Å². The molecule has 2 aliphatic heterocycles. The number of Topliss-reactive ketones (excluding diaryl/α,β-unsaturated/α-hetero) is 1. The Morgan fingerprint density at radius 1 is 1.06 bits per heavy atom. The number of pyridine rings is 1. The molecule has 0 aliphatic carbocycles. The normalized spacial score (nSPS) is 19.2. The van der Waals surface area contributed by atoms with Crippen molar-refractivity contribution >= 4 is 33.7 Å². The highest BCUT2D eigenvalue weighted by Gasteiger charge is 2.39. The first-order valence-electron chi connectivity index (χ1n) is 11.9. The minimum Gasteiger partial charge on any atom is -0.371 e. The van der Waals surface area contributed by atoms with Crippen molar-refractivity contribution in [3.8, 4) is 0 Å². The maximum absolute atomic E-state index is 13.7. The summed E-state index contributed by atoms with van der Waals surface area (Å²) in [4.78, 5) is 22.0. The van der Waals surface area contributed by atoms with Gasteiger partial charge in [0.2, 0.25) is 5.52 Å². The molecule has 36 heavy (non-hydrogen) atoms. The number of nitrogens with zero attached hydrogens (tertiary/aromatic N) is 2. The largest absolute Gasteiger partial charge is 0.433 e. The fraction of sp³-hybridized carbons (Fsp3) is 0.286. The fourth-order valence-electron chi connectivity index (χ4n) is 4.99. The van der Waals surface area contributed by atoms with Gasteiger partial charge in [-0.2, -0.15) is 13.2 Å². The van der Waals surface area contributed by atoms with Gasteiger partial charge in [-0.3, -0.25) is 9.79 Å². The number of aromatic amines is 1. The summed E-state index contributed by atoms with van der Waals surface area (Å²) >= 11 is 0. The summed E-state index contributed by atoms with van der Waals surface area (Å²) in [5.41, 5.74) is 1.82. The number of H-pyrrole nitrogens is 1. The van der Waals surface area contributed by atoms with Crippen LogP contribution in [0, 0.1) is 24.6 Å². The molecule has 4 nitrogen and oxygen atoms in total. The fourth-order valence-corrected chi connectivity index (χ4v) is 4.99. The van der Waals surface area contributed by atoms with Gasteiger partial charge in [-0.25, -0.2) is 9.37 Å².